The first kappa shape index (κ1) is 13.9. The summed E-state index contributed by atoms with van der Waals surface area (Å²) in [5.74, 6) is 0. The van der Waals surface area contributed by atoms with Gasteiger partial charge in [-0.2, -0.15) is 0 Å². The Hall–Kier alpha value is -1.20. The first-order valence-corrected chi connectivity index (χ1v) is 6.15. The van der Waals surface area contributed by atoms with E-state index in [0.717, 1.165) is 18.7 Å². The molecule has 0 heterocycles. The van der Waals surface area contributed by atoms with Crippen LogP contribution in [0.4, 0.5) is 5.69 Å². The summed E-state index contributed by atoms with van der Waals surface area (Å²) in [4.78, 5) is 10.5. The molecule has 0 bridgehead atoms. The van der Waals surface area contributed by atoms with Crippen molar-refractivity contribution < 1.29 is 4.92 Å². The molecule has 0 spiro atoms. The van der Waals surface area contributed by atoms with Gasteiger partial charge in [0.15, 0.2) is 0 Å². The number of hydrogen-bond donors (Lipinski definition) is 1. The number of likely N-dealkylation sites (N-methyl/N-ethyl adjacent to an activating group) is 1. The van der Waals surface area contributed by atoms with Gasteiger partial charge in [0.1, 0.15) is 0 Å². The van der Waals surface area contributed by atoms with Gasteiger partial charge in [-0.25, -0.2) is 0 Å². The summed E-state index contributed by atoms with van der Waals surface area (Å²) < 4.78 is 0.714. The van der Waals surface area contributed by atoms with Crippen molar-refractivity contribution in [1.82, 2.24) is 5.32 Å². The molecule has 1 aromatic rings. The fraction of sp³-hybridized carbons (Fsp3) is 0.333. The summed E-state index contributed by atoms with van der Waals surface area (Å²) >= 11 is 3.24. The zero-order valence-corrected chi connectivity index (χ0v) is 11.5. The molecule has 17 heavy (non-hydrogen) atoms. The van der Waals surface area contributed by atoms with Gasteiger partial charge in [0.25, 0.3) is 5.69 Å². The summed E-state index contributed by atoms with van der Waals surface area (Å²) in [5, 5.41) is 14.1. The molecule has 92 valence electrons. The monoisotopic (exact) mass is 298 g/mol. The van der Waals surface area contributed by atoms with Crippen LogP contribution in [0.3, 0.4) is 0 Å². The van der Waals surface area contributed by atoms with Crippen molar-refractivity contribution in [3.8, 4) is 0 Å². The standard InChI is InChI=1S/C12H15BrN2O2/c1-3-14-8-9(2)6-10-4-5-11(13)7-12(10)15(16)17/h4-7,14H,3,8H2,1-2H3/b9-6+. The molecule has 5 heteroatoms. The topological polar surface area (TPSA) is 55.2 Å². The second kappa shape index (κ2) is 6.51. The fourth-order valence-corrected chi connectivity index (χ4v) is 1.78. The second-order valence-electron chi connectivity index (χ2n) is 3.73. The number of nitro groups is 1. The number of rotatable bonds is 5. The minimum absolute atomic E-state index is 0.121. The highest BCUT2D eigenvalue weighted by atomic mass is 79.9. The minimum atomic E-state index is -0.364. The lowest BCUT2D eigenvalue weighted by Crippen LogP contribution is -2.14. The SMILES string of the molecule is CCNC/C(C)=C/c1ccc(Br)cc1[N+](=O)[O-]. The van der Waals surface area contributed by atoms with Crippen LogP contribution in [0.25, 0.3) is 6.08 Å². The van der Waals surface area contributed by atoms with Gasteiger partial charge in [0.2, 0.25) is 0 Å². The van der Waals surface area contributed by atoms with E-state index >= 15 is 0 Å². The molecule has 0 aliphatic rings. The van der Waals surface area contributed by atoms with E-state index in [1.165, 1.54) is 6.07 Å². The minimum Gasteiger partial charge on any atom is -0.313 e. The average Bonchev–Trinajstić information content (AvgIpc) is 2.28. The number of halogens is 1. The summed E-state index contributed by atoms with van der Waals surface area (Å²) in [5.41, 5.74) is 1.82. The van der Waals surface area contributed by atoms with Crippen molar-refractivity contribution in [3.05, 3.63) is 43.9 Å². The van der Waals surface area contributed by atoms with E-state index in [2.05, 4.69) is 21.2 Å². The molecule has 1 N–H and O–H groups in total. The lowest BCUT2D eigenvalue weighted by atomic mass is 10.1. The van der Waals surface area contributed by atoms with Gasteiger partial charge in [0.05, 0.1) is 10.5 Å². The highest BCUT2D eigenvalue weighted by Crippen LogP contribution is 2.25. The molecule has 0 unspecified atom stereocenters. The third kappa shape index (κ3) is 4.28. The lowest BCUT2D eigenvalue weighted by molar-refractivity contribution is -0.385. The Morgan fingerprint density at radius 2 is 2.29 bits per heavy atom. The number of hydrogen-bond acceptors (Lipinski definition) is 3. The van der Waals surface area contributed by atoms with Crippen LogP contribution >= 0.6 is 15.9 Å². The van der Waals surface area contributed by atoms with Crippen LogP contribution in [0.2, 0.25) is 0 Å². The lowest BCUT2D eigenvalue weighted by Gasteiger charge is -2.03. The molecule has 1 rings (SSSR count). The Kier molecular flexibility index (Phi) is 5.31. The van der Waals surface area contributed by atoms with Crippen molar-refractivity contribution in [2.75, 3.05) is 13.1 Å². The summed E-state index contributed by atoms with van der Waals surface area (Å²) in [6, 6.07) is 5.07. The number of nitrogens with zero attached hydrogens (tertiary/aromatic N) is 1. The molecule has 0 radical (unpaired) electrons. The van der Waals surface area contributed by atoms with E-state index in [1.807, 2.05) is 19.9 Å². The summed E-state index contributed by atoms with van der Waals surface area (Å²) in [6.45, 7) is 5.60. The first-order chi connectivity index (χ1) is 8.04. The van der Waals surface area contributed by atoms with Crippen LogP contribution in [-0.2, 0) is 0 Å². The molecule has 0 saturated carbocycles. The number of nitrogens with one attached hydrogen (secondary N) is 1. The smallest absolute Gasteiger partial charge is 0.277 e. The first-order valence-electron chi connectivity index (χ1n) is 5.36. The van der Waals surface area contributed by atoms with Gasteiger partial charge >= 0.3 is 0 Å². The second-order valence-corrected chi connectivity index (χ2v) is 4.65. The maximum atomic E-state index is 10.9. The van der Waals surface area contributed by atoms with E-state index in [0.29, 0.717) is 10.0 Å². The zero-order valence-electron chi connectivity index (χ0n) is 9.87. The van der Waals surface area contributed by atoms with Crippen molar-refractivity contribution in [3.63, 3.8) is 0 Å². The molecule has 0 aliphatic carbocycles. The van der Waals surface area contributed by atoms with Gasteiger partial charge in [-0.1, -0.05) is 28.4 Å². The Labute approximate surface area is 109 Å². The molecule has 0 amide bonds. The summed E-state index contributed by atoms with van der Waals surface area (Å²) in [6.07, 6.45) is 1.84. The Balaban J connectivity index is 3.01. The Bertz CT molecular complexity index is 444. The van der Waals surface area contributed by atoms with Gasteiger partial charge in [-0.15, -0.1) is 0 Å². The quantitative estimate of drug-likeness (QED) is 0.670. The maximum Gasteiger partial charge on any atom is 0.277 e. The van der Waals surface area contributed by atoms with Crippen LogP contribution in [0, 0.1) is 10.1 Å². The van der Waals surface area contributed by atoms with E-state index in [4.69, 9.17) is 0 Å². The van der Waals surface area contributed by atoms with Crippen molar-refractivity contribution in [2.24, 2.45) is 0 Å². The van der Waals surface area contributed by atoms with Crippen molar-refractivity contribution in [1.29, 1.82) is 0 Å². The Morgan fingerprint density at radius 3 is 2.88 bits per heavy atom. The Morgan fingerprint density at radius 1 is 1.59 bits per heavy atom. The van der Waals surface area contributed by atoms with E-state index < -0.39 is 0 Å². The van der Waals surface area contributed by atoms with Crippen LogP contribution in [0.1, 0.15) is 19.4 Å². The third-order valence-corrected chi connectivity index (χ3v) is 2.74. The highest BCUT2D eigenvalue weighted by molar-refractivity contribution is 9.10. The van der Waals surface area contributed by atoms with Crippen LogP contribution < -0.4 is 5.32 Å². The number of benzene rings is 1. The summed E-state index contributed by atoms with van der Waals surface area (Å²) in [7, 11) is 0. The fourth-order valence-electron chi connectivity index (χ4n) is 1.44. The predicted octanol–water partition coefficient (Wildman–Crippen LogP) is 3.37. The average molecular weight is 299 g/mol. The maximum absolute atomic E-state index is 10.9. The number of nitro benzene ring substituents is 1. The van der Waals surface area contributed by atoms with E-state index in [9.17, 15) is 10.1 Å². The molecule has 0 atom stereocenters. The van der Waals surface area contributed by atoms with E-state index in [1.54, 1.807) is 12.1 Å². The van der Waals surface area contributed by atoms with E-state index in [-0.39, 0.29) is 10.6 Å². The van der Waals surface area contributed by atoms with Gasteiger partial charge in [-0.05, 0) is 31.7 Å². The highest BCUT2D eigenvalue weighted by Gasteiger charge is 2.12. The van der Waals surface area contributed by atoms with Crippen molar-refractivity contribution in [2.45, 2.75) is 13.8 Å². The molecule has 0 fully saturated rings. The van der Waals surface area contributed by atoms with Crippen molar-refractivity contribution >= 4 is 27.7 Å². The molecular formula is C12H15BrN2O2. The normalized spacial score (nSPS) is 11.6. The molecular weight excluding hydrogens is 284 g/mol. The van der Waals surface area contributed by atoms with Crippen LogP contribution in [-0.4, -0.2) is 18.0 Å². The molecule has 0 saturated heterocycles. The molecule has 0 aliphatic heterocycles. The molecule has 1 aromatic carbocycles. The van der Waals surface area contributed by atoms with Crippen LogP contribution in [0.15, 0.2) is 28.2 Å². The predicted molar refractivity (Wildman–Crippen MR) is 73.0 cm³/mol. The van der Waals surface area contributed by atoms with Gasteiger partial charge in [-0.3, -0.25) is 10.1 Å². The van der Waals surface area contributed by atoms with Gasteiger partial charge in [0, 0.05) is 17.1 Å². The van der Waals surface area contributed by atoms with Gasteiger partial charge < -0.3 is 5.32 Å². The zero-order chi connectivity index (χ0) is 12.8. The largest absolute Gasteiger partial charge is 0.313 e. The van der Waals surface area contributed by atoms with Crippen LogP contribution in [0.5, 0.6) is 0 Å². The molecule has 0 aromatic heterocycles. The molecule has 4 nitrogen and oxygen atoms in total. The third-order valence-electron chi connectivity index (χ3n) is 2.24.